The van der Waals surface area contributed by atoms with Crippen LogP contribution in [0.25, 0.3) is 16.6 Å². The Morgan fingerprint density at radius 1 is 1.08 bits per heavy atom. The minimum absolute atomic E-state index is 0.000683. The van der Waals surface area contributed by atoms with Gasteiger partial charge in [-0.05, 0) is 17.7 Å². The number of rotatable bonds is 3. The molecule has 0 aliphatic carbocycles. The third-order valence-electron chi connectivity index (χ3n) is 3.87. The first-order valence-corrected chi connectivity index (χ1v) is 7.48. The van der Waals surface area contributed by atoms with Gasteiger partial charge in [0.15, 0.2) is 5.65 Å². The fourth-order valence-electron chi connectivity index (χ4n) is 2.63. The maximum Gasteiger partial charge on any atom is 0.295 e. The molecule has 0 aliphatic rings. The molecule has 0 saturated carbocycles. The Morgan fingerprint density at radius 2 is 1.84 bits per heavy atom. The van der Waals surface area contributed by atoms with E-state index in [1.165, 1.54) is 23.0 Å². The normalized spacial score (nSPS) is 11.0. The third kappa shape index (κ3) is 2.69. The highest BCUT2D eigenvalue weighted by Gasteiger charge is 2.11. The Bertz CT molecular complexity index is 1170. The van der Waals surface area contributed by atoms with Gasteiger partial charge in [-0.2, -0.15) is 10.1 Å². The molecule has 2 heterocycles. The van der Waals surface area contributed by atoms with Crippen LogP contribution in [0.5, 0.6) is 0 Å². The second-order valence-electron chi connectivity index (χ2n) is 5.49. The van der Waals surface area contributed by atoms with E-state index in [0.717, 1.165) is 16.5 Å². The lowest BCUT2D eigenvalue weighted by Gasteiger charge is -2.05. The van der Waals surface area contributed by atoms with Crippen molar-refractivity contribution in [2.75, 3.05) is 0 Å². The van der Waals surface area contributed by atoms with Crippen LogP contribution in [0.15, 0.2) is 59.7 Å². The molecule has 0 bridgehead atoms. The van der Waals surface area contributed by atoms with Crippen LogP contribution < -0.4 is 5.56 Å². The molecule has 8 nitrogen and oxygen atoms in total. The number of nitrogens with zero attached hydrogens (tertiary/aromatic N) is 5. The van der Waals surface area contributed by atoms with E-state index in [1.54, 1.807) is 12.1 Å². The van der Waals surface area contributed by atoms with Crippen molar-refractivity contribution in [2.24, 2.45) is 0 Å². The summed E-state index contributed by atoms with van der Waals surface area (Å²) in [5.41, 5.74) is 1.76. The second kappa shape index (κ2) is 5.75. The Hall–Kier alpha value is -3.68. The molecular formula is C17H11N5O3. The van der Waals surface area contributed by atoms with Crippen molar-refractivity contribution in [3.63, 3.8) is 0 Å². The van der Waals surface area contributed by atoms with Crippen LogP contribution in [0.3, 0.4) is 0 Å². The molecule has 0 aliphatic heterocycles. The summed E-state index contributed by atoms with van der Waals surface area (Å²) in [6, 6.07) is 13.4. The van der Waals surface area contributed by atoms with Crippen molar-refractivity contribution in [3.05, 3.63) is 86.6 Å². The molecule has 2 aromatic heterocycles. The van der Waals surface area contributed by atoms with Crippen LogP contribution in [-0.4, -0.2) is 24.5 Å². The van der Waals surface area contributed by atoms with Crippen LogP contribution in [0.2, 0.25) is 0 Å². The number of hydrogen-bond acceptors (Lipinski definition) is 6. The summed E-state index contributed by atoms with van der Waals surface area (Å²) in [5, 5.41) is 15.8. The number of aromatic nitrogens is 4. The number of hydrogen-bond donors (Lipinski definition) is 0. The molecule has 4 aromatic rings. The van der Waals surface area contributed by atoms with Crippen LogP contribution in [0.1, 0.15) is 11.3 Å². The van der Waals surface area contributed by atoms with Crippen molar-refractivity contribution >= 4 is 22.2 Å². The fraction of sp³-hybridized carbons (Fsp3) is 0.0588. The van der Waals surface area contributed by atoms with Gasteiger partial charge in [-0.15, -0.1) is 0 Å². The summed E-state index contributed by atoms with van der Waals surface area (Å²) in [5.74, 6) is 0. The molecule has 0 N–H and O–H groups in total. The van der Waals surface area contributed by atoms with Gasteiger partial charge < -0.3 is 0 Å². The molecule has 25 heavy (non-hydrogen) atoms. The number of fused-ring (bicyclic) bond motifs is 3. The van der Waals surface area contributed by atoms with E-state index >= 15 is 0 Å². The Labute approximate surface area is 140 Å². The molecule has 122 valence electrons. The monoisotopic (exact) mass is 333 g/mol. The highest BCUT2D eigenvalue weighted by atomic mass is 16.6. The molecule has 0 spiro atoms. The van der Waals surface area contributed by atoms with Crippen LogP contribution in [0.4, 0.5) is 5.69 Å². The highest BCUT2D eigenvalue weighted by molar-refractivity contribution is 5.90. The molecule has 0 fully saturated rings. The van der Waals surface area contributed by atoms with Crippen LogP contribution in [-0.2, 0) is 6.42 Å². The molecule has 8 heteroatoms. The van der Waals surface area contributed by atoms with Crippen molar-refractivity contribution < 1.29 is 4.92 Å². The summed E-state index contributed by atoms with van der Waals surface area (Å²) in [6.45, 7) is 0. The van der Waals surface area contributed by atoms with Gasteiger partial charge in [0.05, 0.1) is 10.4 Å². The maximum atomic E-state index is 12.3. The zero-order valence-electron chi connectivity index (χ0n) is 12.9. The summed E-state index contributed by atoms with van der Waals surface area (Å²) < 4.78 is 1.48. The summed E-state index contributed by atoms with van der Waals surface area (Å²) >= 11 is 0. The number of para-hydroxylation sites is 1. The van der Waals surface area contributed by atoms with Gasteiger partial charge in [-0.1, -0.05) is 24.3 Å². The molecule has 0 amide bonds. The Morgan fingerprint density at radius 3 is 2.60 bits per heavy atom. The smallest absolute Gasteiger partial charge is 0.265 e. The first-order valence-electron chi connectivity index (χ1n) is 7.48. The first-order chi connectivity index (χ1) is 12.1. The molecule has 4 rings (SSSR count). The van der Waals surface area contributed by atoms with E-state index in [1.807, 2.05) is 24.3 Å². The van der Waals surface area contributed by atoms with Crippen molar-refractivity contribution in [1.82, 2.24) is 19.6 Å². The minimum Gasteiger partial charge on any atom is -0.265 e. The molecule has 0 atom stereocenters. The van der Waals surface area contributed by atoms with Gasteiger partial charge >= 0.3 is 0 Å². The standard InChI is InChI=1S/C17H11N5O3/c23-17-15(9-11-5-7-12(8-6-11)22(24)25)20-21-10-18-14-4-2-1-3-13(14)16(21)19-17/h1-8,10H,9H2. The van der Waals surface area contributed by atoms with Gasteiger partial charge in [-0.25, -0.2) is 9.50 Å². The second-order valence-corrected chi connectivity index (χ2v) is 5.49. The molecule has 0 unspecified atom stereocenters. The lowest BCUT2D eigenvalue weighted by Crippen LogP contribution is -2.19. The van der Waals surface area contributed by atoms with E-state index in [-0.39, 0.29) is 17.8 Å². The zero-order chi connectivity index (χ0) is 17.4. The molecular weight excluding hydrogens is 322 g/mol. The number of non-ortho nitro benzene ring substituents is 1. The van der Waals surface area contributed by atoms with E-state index in [2.05, 4.69) is 15.1 Å². The van der Waals surface area contributed by atoms with E-state index in [4.69, 9.17) is 0 Å². The highest BCUT2D eigenvalue weighted by Crippen LogP contribution is 2.15. The zero-order valence-corrected chi connectivity index (χ0v) is 12.9. The SMILES string of the molecule is O=c1nc2c3ccccc3ncn2nc1Cc1ccc([N+](=O)[O-])cc1. The predicted molar refractivity (Wildman–Crippen MR) is 90.5 cm³/mol. The van der Waals surface area contributed by atoms with E-state index < -0.39 is 10.5 Å². The van der Waals surface area contributed by atoms with Crippen molar-refractivity contribution in [1.29, 1.82) is 0 Å². The van der Waals surface area contributed by atoms with Gasteiger partial charge in [-0.3, -0.25) is 14.9 Å². The quantitative estimate of drug-likeness (QED) is 0.323. The number of nitro groups is 1. The Balaban J connectivity index is 1.77. The average molecular weight is 333 g/mol. The fourth-order valence-corrected chi connectivity index (χ4v) is 2.63. The van der Waals surface area contributed by atoms with Gasteiger partial charge in [0.1, 0.15) is 12.0 Å². The van der Waals surface area contributed by atoms with Crippen LogP contribution >= 0.6 is 0 Å². The minimum atomic E-state index is -0.467. The van der Waals surface area contributed by atoms with Gasteiger partial charge in [0.25, 0.3) is 11.2 Å². The lowest BCUT2D eigenvalue weighted by molar-refractivity contribution is -0.384. The molecule has 0 saturated heterocycles. The van der Waals surface area contributed by atoms with Gasteiger partial charge in [0.2, 0.25) is 0 Å². The predicted octanol–water partition coefficient (Wildman–Crippen LogP) is 2.14. The number of benzene rings is 2. The van der Waals surface area contributed by atoms with Crippen molar-refractivity contribution in [2.45, 2.75) is 6.42 Å². The summed E-state index contributed by atoms with van der Waals surface area (Å²) in [6.07, 6.45) is 1.75. The summed E-state index contributed by atoms with van der Waals surface area (Å²) in [7, 11) is 0. The Kier molecular flexibility index (Phi) is 3.42. The van der Waals surface area contributed by atoms with Crippen molar-refractivity contribution in [3.8, 4) is 0 Å². The van der Waals surface area contributed by atoms with E-state index in [0.29, 0.717) is 5.65 Å². The third-order valence-corrected chi connectivity index (χ3v) is 3.87. The number of nitro benzene ring substituents is 1. The maximum absolute atomic E-state index is 12.3. The topological polar surface area (TPSA) is 103 Å². The first kappa shape index (κ1) is 14.9. The van der Waals surface area contributed by atoms with Gasteiger partial charge in [0, 0.05) is 23.9 Å². The van der Waals surface area contributed by atoms with Crippen LogP contribution in [0, 0.1) is 10.1 Å². The van der Waals surface area contributed by atoms with E-state index in [9.17, 15) is 14.9 Å². The average Bonchev–Trinajstić information content (AvgIpc) is 2.63. The largest absolute Gasteiger partial charge is 0.295 e. The molecule has 0 radical (unpaired) electrons. The lowest BCUT2D eigenvalue weighted by atomic mass is 10.1. The molecule has 2 aromatic carbocycles. The summed E-state index contributed by atoms with van der Waals surface area (Å²) in [4.78, 5) is 31.0.